The Labute approximate surface area is 153 Å². The van der Waals surface area contributed by atoms with Crippen molar-refractivity contribution in [2.24, 2.45) is 0 Å². The van der Waals surface area contributed by atoms with E-state index >= 15 is 0 Å². The number of sulfonamides is 1. The Morgan fingerprint density at radius 1 is 1.08 bits per heavy atom. The van der Waals surface area contributed by atoms with Crippen LogP contribution in [-0.4, -0.2) is 43.0 Å². The lowest BCUT2D eigenvalue weighted by atomic mass is 9.96. The molecule has 26 heavy (non-hydrogen) atoms. The summed E-state index contributed by atoms with van der Waals surface area (Å²) in [4.78, 5) is 19.3. The first-order chi connectivity index (χ1) is 12.4. The standard InChI is InChI=1S/C19H21N3O3S/c1-26(24,25)21-10-8-16-15(13-21)11-20-12-17(16)19(23)22-9-4-6-14-5-2-3-7-18(14)22/h2-3,5,7,11-12H,4,6,8-10,13H2,1H3. The molecule has 0 bridgehead atoms. The Hall–Kier alpha value is -2.25. The zero-order valence-electron chi connectivity index (χ0n) is 14.7. The van der Waals surface area contributed by atoms with Crippen LogP contribution in [0.4, 0.5) is 5.69 Å². The van der Waals surface area contributed by atoms with Gasteiger partial charge < -0.3 is 4.90 Å². The van der Waals surface area contributed by atoms with Gasteiger partial charge in [0.25, 0.3) is 5.91 Å². The highest BCUT2D eigenvalue weighted by atomic mass is 32.2. The number of amides is 1. The number of aromatic nitrogens is 1. The van der Waals surface area contributed by atoms with Crippen LogP contribution in [0.2, 0.25) is 0 Å². The van der Waals surface area contributed by atoms with Gasteiger partial charge in [0.1, 0.15) is 0 Å². The first kappa shape index (κ1) is 17.2. The Morgan fingerprint density at radius 3 is 2.69 bits per heavy atom. The molecule has 2 aromatic rings. The number of nitrogens with zero attached hydrogens (tertiary/aromatic N) is 3. The van der Waals surface area contributed by atoms with Crippen molar-refractivity contribution in [3.63, 3.8) is 0 Å². The van der Waals surface area contributed by atoms with Gasteiger partial charge >= 0.3 is 0 Å². The second kappa shape index (κ2) is 6.48. The molecule has 0 unspecified atom stereocenters. The number of aryl methyl sites for hydroxylation is 1. The van der Waals surface area contributed by atoms with Crippen LogP contribution < -0.4 is 4.90 Å². The van der Waals surface area contributed by atoms with Gasteiger partial charge in [-0.1, -0.05) is 18.2 Å². The molecule has 3 heterocycles. The lowest BCUT2D eigenvalue weighted by Crippen LogP contribution is -2.39. The van der Waals surface area contributed by atoms with Gasteiger partial charge in [-0.3, -0.25) is 9.78 Å². The maximum Gasteiger partial charge on any atom is 0.260 e. The largest absolute Gasteiger partial charge is 0.308 e. The molecule has 4 rings (SSSR count). The lowest BCUT2D eigenvalue weighted by molar-refractivity contribution is 0.0983. The zero-order chi connectivity index (χ0) is 18.3. The van der Waals surface area contributed by atoms with Crippen molar-refractivity contribution in [1.82, 2.24) is 9.29 Å². The van der Waals surface area contributed by atoms with Crippen LogP contribution >= 0.6 is 0 Å². The van der Waals surface area contributed by atoms with E-state index in [2.05, 4.69) is 11.1 Å². The number of fused-ring (bicyclic) bond motifs is 2. The molecule has 6 nitrogen and oxygen atoms in total. The quantitative estimate of drug-likeness (QED) is 0.809. The predicted molar refractivity (Wildman–Crippen MR) is 99.6 cm³/mol. The summed E-state index contributed by atoms with van der Waals surface area (Å²) in [6.45, 7) is 1.36. The van der Waals surface area contributed by atoms with E-state index in [9.17, 15) is 13.2 Å². The van der Waals surface area contributed by atoms with E-state index in [1.165, 1.54) is 16.1 Å². The highest BCUT2D eigenvalue weighted by Gasteiger charge is 2.30. The van der Waals surface area contributed by atoms with Crippen molar-refractivity contribution < 1.29 is 13.2 Å². The zero-order valence-corrected chi connectivity index (χ0v) is 15.5. The molecule has 0 fully saturated rings. The topological polar surface area (TPSA) is 70.6 Å². The fourth-order valence-electron chi connectivity index (χ4n) is 3.82. The fourth-order valence-corrected chi connectivity index (χ4v) is 4.62. The molecule has 2 aliphatic rings. The Kier molecular flexibility index (Phi) is 4.28. The molecule has 0 atom stereocenters. The summed E-state index contributed by atoms with van der Waals surface area (Å²) < 4.78 is 25.1. The minimum atomic E-state index is -3.25. The summed E-state index contributed by atoms with van der Waals surface area (Å²) in [5, 5.41) is 0. The highest BCUT2D eigenvalue weighted by Crippen LogP contribution is 2.30. The molecule has 2 aliphatic heterocycles. The molecule has 0 aliphatic carbocycles. The van der Waals surface area contributed by atoms with Gasteiger partial charge in [-0.15, -0.1) is 0 Å². The van der Waals surface area contributed by atoms with Crippen molar-refractivity contribution in [3.05, 3.63) is 58.9 Å². The molecule has 0 spiro atoms. The summed E-state index contributed by atoms with van der Waals surface area (Å²) in [5.74, 6) is -0.0469. The number of anilines is 1. The number of carbonyl (C=O) groups excluding carboxylic acids is 1. The molecule has 0 saturated carbocycles. The first-order valence-electron chi connectivity index (χ1n) is 8.76. The highest BCUT2D eigenvalue weighted by molar-refractivity contribution is 7.88. The van der Waals surface area contributed by atoms with Gasteiger partial charge in [0.2, 0.25) is 10.0 Å². The van der Waals surface area contributed by atoms with Gasteiger partial charge in [0.05, 0.1) is 11.8 Å². The van der Waals surface area contributed by atoms with Crippen molar-refractivity contribution in [2.45, 2.75) is 25.8 Å². The molecule has 136 valence electrons. The number of para-hydroxylation sites is 1. The van der Waals surface area contributed by atoms with Crippen molar-refractivity contribution in [3.8, 4) is 0 Å². The van der Waals surface area contributed by atoms with Crippen LogP contribution in [0.3, 0.4) is 0 Å². The molecule has 1 aromatic heterocycles. The van der Waals surface area contributed by atoms with Gasteiger partial charge in [-0.05, 0) is 42.0 Å². The average Bonchev–Trinajstić information content (AvgIpc) is 2.65. The first-order valence-corrected chi connectivity index (χ1v) is 10.6. The molecule has 1 amide bonds. The van der Waals surface area contributed by atoms with E-state index in [1.807, 2.05) is 23.1 Å². The number of benzene rings is 1. The van der Waals surface area contributed by atoms with Crippen molar-refractivity contribution >= 4 is 21.6 Å². The fraction of sp³-hybridized carbons (Fsp3) is 0.368. The average molecular weight is 371 g/mol. The van der Waals surface area contributed by atoms with Gasteiger partial charge in [-0.2, -0.15) is 4.31 Å². The van der Waals surface area contributed by atoms with Crippen LogP contribution in [0.15, 0.2) is 36.7 Å². The molecular weight excluding hydrogens is 350 g/mol. The van der Waals surface area contributed by atoms with Crippen LogP contribution in [0.25, 0.3) is 0 Å². The Bertz CT molecular complexity index is 972. The summed E-state index contributed by atoms with van der Waals surface area (Å²) in [6.07, 6.45) is 6.95. The minimum Gasteiger partial charge on any atom is -0.308 e. The molecule has 0 saturated heterocycles. The SMILES string of the molecule is CS(=O)(=O)N1CCc2c(cncc2C(=O)N2CCCc3ccccc32)C1. The summed E-state index contributed by atoms with van der Waals surface area (Å²) >= 11 is 0. The molecule has 0 radical (unpaired) electrons. The number of rotatable bonds is 2. The molecular formula is C19H21N3O3S. The number of hydrogen-bond acceptors (Lipinski definition) is 4. The Morgan fingerprint density at radius 2 is 1.88 bits per heavy atom. The summed E-state index contributed by atoms with van der Waals surface area (Å²) in [6, 6.07) is 8.00. The maximum atomic E-state index is 13.3. The van der Waals surface area contributed by atoms with E-state index in [1.54, 1.807) is 12.4 Å². The van der Waals surface area contributed by atoms with Crippen molar-refractivity contribution in [2.75, 3.05) is 24.2 Å². The minimum absolute atomic E-state index is 0.0469. The van der Waals surface area contributed by atoms with Crippen LogP contribution in [0.1, 0.15) is 33.5 Å². The van der Waals surface area contributed by atoms with E-state index in [0.29, 0.717) is 25.1 Å². The maximum absolute atomic E-state index is 13.3. The van der Waals surface area contributed by atoms with Crippen LogP contribution in [-0.2, 0) is 29.4 Å². The number of hydrogen-bond donors (Lipinski definition) is 0. The van der Waals surface area contributed by atoms with Gasteiger partial charge in [0, 0.05) is 37.7 Å². The van der Waals surface area contributed by atoms with Gasteiger partial charge in [-0.25, -0.2) is 8.42 Å². The van der Waals surface area contributed by atoms with E-state index in [0.717, 1.165) is 29.7 Å². The normalized spacial score (nSPS) is 17.5. The predicted octanol–water partition coefficient (Wildman–Crippen LogP) is 1.99. The third kappa shape index (κ3) is 3.01. The number of pyridine rings is 1. The van der Waals surface area contributed by atoms with E-state index in [4.69, 9.17) is 0 Å². The summed E-state index contributed by atoms with van der Waals surface area (Å²) in [5.41, 5.74) is 4.49. The van der Waals surface area contributed by atoms with E-state index < -0.39 is 10.0 Å². The molecule has 7 heteroatoms. The van der Waals surface area contributed by atoms with E-state index in [-0.39, 0.29) is 12.5 Å². The monoisotopic (exact) mass is 371 g/mol. The molecule has 0 N–H and O–H groups in total. The van der Waals surface area contributed by atoms with Crippen molar-refractivity contribution in [1.29, 1.82) is 0 Å². The second-order valence-electron chi connectivity index (χ2n) is 6.86. The molecule has 1 aromatic carbocycles. The third-order valence-electron chi connectivity index (χ3n) is 5.16. The summed E-state index contributed by atoms with van der Waals surface area (Å²) in [7, 11) is -3.25. The number of carbonyl (C=O) groups is 1. The smallest absolute Gasteiger partial charge is 0.260 e. The van der Waals surface area contributed by atoms with Crippen LogP contribution in [0, 0.1) is 0 Å². The Balaban J connectivity index is 1.69. The second-order valence-corrected chi connectivity index (χ2v) is 8.84. The third-order valence-corrected chi connectivity index (χ3v) is 6.41. The lowest BCUT2D eigenvalue weighted by Gasteiger charge is -2.32. The van der Waals surface area contributed by atoms with Crippen LogP contribution in [0.5, 0.6) is 0 Å². The van der Waals surface area contributed by atoms with Gasteiger partial charge in [0.15, 0.2) is 0 Å².